The number of likely N-dealkylation sites (tertiary alicyclic amines) is 1. The molecule has 0 spiro atoms. The zero-order valence-electron chi connectivity index (χ0n) is 15.3. The van der Waals surface area contributed by atoms with E-state index in [9.17, 15) is 18.0 Å². The van der Waals surface area contributed by atoms with Gasteiger partial charge in [0.25, 0.3) is 0 Å². The fraction of sp³-hybridized carbons (Fsp3) is 0.882. The van der Waals surface area contributed by atoms with Crippen LogP contribution in [0, 0.1) is 11.8 Å². The Morgan fingerprint density at radius 2 is 1.77 bits per heavy atom. The van der Waals surface area contributed by atoms with Crippen LogP contribution >= 0.6 is 0 Å². The number of nitrogens with zero attached hydrogens (tertiary/aromatic N) is 4. The van der Waals surface area contributed by atoms with E-state index >= 15 is 0 Å². The molecule has 0 aromatic carbocycles. The minimum absolute atomic E-state index is 0.0310. The molecule has 4 aliphatic heterocycles. The highest BCUT2D eigenvalue weighted by Gasteiger charge is 2.45. The van der Waals surface area contributed by atoms with Crippen LogP contribution < -0.4 is 0 Å². The predicted molar refractivity (Wildman–Crippen MR) is 95.9 cm³/mol. The summed E-state index contributed by atoms with van der Waals surface area (Å²) < 4.78 is 24.7. The molecule has 146 valence electrons. The normalized spacial score (nSPS) is 33.2. The lowest BCUT2D eigenvalue weighted by molar-refractivity contribution is -0.144. The summed E-state index contributed by atoms with van der Waals surface area (Å²) in [5, 5.41) is 0. The number of carbonyl (C=O) groups is 2. The summed E-state index contributed by atoms with van der Waals surface area (Å²) in [5.41, 5.74) is 0. The number of carbonyl (C=O) groups excluding carboxylic acids is 2. The highest BCUT2D eigenvalue weighted by Crippen LogP contribution is 2.38. The number of urea groups is 1. The zero-order valence-corrected chi connectivity index (χ0v) is 16.2. The standard InChI is InChI=1S/C17H28N4O4S/c1-26(24,25)20-7-5-18(6-8-20)17(23)19-10-13-9-14(12-19)15-3-2-4-16(22)21(15)11-13/h13-15H,2-12H2,1H3/t13-,14-,15-/m1/s1. The molecule has 0 unspecified atom stereocenters. The molecule has 4 rings (SSSR count). The lowest BCUT2D eigenvalue weighted by Crippen LogP contribution is -2.63. The summed E-state index contributed by atoms with van der Waals surface area (Å²) in [6.07, 6.45) is 5.01. The first-order valence-corrected chi connectivity index (χ1v) is 11.5. The van der Waals surface area contributed by atoms with Crippen LogP contribution in [0.1, 0.15) is 25.7 Å². The monoisotopic (exact) mass is 384 g/mol. The number of amides is 3. The molecule has 0 aliphatic carbocycles. The first-order chi connectivity index (χ1) is 12.3. The SMILES string of the molecule is CS(=O)(=O)N1CCN(C(=O)N2C[C@H]3C[C@H](C2)[C@H]2CCCC(=O)N2C3)CC1. The average Bonchev–Trinajstić information content (AvgIpc) is 2.61. The summed E-state index contributed by atoms with van der Waals surface area (Å²) in [5.74, 6) is 1.04. The molecule has 0 saturated carbocycles. The topological polar surface area (TPSA) is 81.2 Å². The van der Waals surface area contributed by atoms with Crippen molar-refractivity contribution in [2.45, 2.75) is 31.7 Å². The van der Waals surface area contributed by atoms with E-state index < -0.39 is 10.0 Å². The van der Waals surface area contributed by atoms with Gasteiger partial charge in [-0.2, -0.15) is 4.31 Å². The third-order valence-electron chi connectivity index (χ3n) is 6.43. The maximum atomic E-state index is 13.0. The van der Waals surface area contributed by atoms with E-state index in [-0.39, 0.29) is 11.9 Å². The second-order valence-electron chi connectivity index (χ2n) is 8.20. The molecule has 9 heteroatoms. The van der Waals surface area contributed by atoms with Gasteiger partial charge in [0, 0.05) is 58.3 Å². The fourth-order valence-electron chi connectivity index (χ4n) is 5.18. The van der Waals surface area contributed by atoms with Crippen LogP contribution in [-0.2, 0) is 14.8 Å². The Labute approximate surface area is 155 Å². The van der Waals surface area contributed by atoms with E-state index in [0.717, 1.165) is 32.4 Å². The Hall–Kier alpha value is -1.35. The number of rotatable bonds is 1. The number of hydrogen-bond donors (Lipinski definition) is 0. The van der Waals surface area contributed by atoms with Gasteiger partial charge in [-0.05, 0) is 31.1 Å². The molecule has 4 heterocycles. The van der Waals surface area contributed by atoms with Crippen molar-refractivity contribution in [3.05, 3.63) is 0 Å². The fourth-order valence-corrected chi connectivity index (χ4v) is 6.00. The van der Waals surface area contributed by atoms with E-state index in [2.05, 4.69) is 4.90 Å². The van der Waals surface area contributed by atoms with Crippen LogP contribution in [0.4, 0.5) is 4.79 Å². The molecule has 4 fully saturated rings. The van der Waals surface area contributed by atoms with E-state index in [1.54, 1.807) is 4.90 Å². The molecule has 4 saturated heterocycles. The van der Waals surface area contributed by atoms with Gasteiger partial charge in [-0.3, -0.25) is 4.79 Å². The molecular weight excluding hydrogens is 356 g/mol. The predicted octanol–water partition coefficient (Wildman–Crippen LogP) is 0.0164. The van der Waals surface area contributed by atoms with Gasteiger partial charge < -0.3 is 14.7 Å². The molecule has 0 aromatic heterocycles. The first-order valence-electron chi connectivity index (χ1n) is 9.61. The maximum Gasteiger partial charge on any atom is 0.320 e. The number of fused-ring (bicyclic) bond motifs is 4. The Balaban J connectivity index is 1.39. The summed E-state index contributed by atoms with van der Waals surface area (Å²) in [4.78, 5) is 31.0. The van der Waals surface area contributed by atoms with Crippen molar-refractivity contribution in [1.82, 2.24) is 19.0 Å². The van der Waals surface area contributed by atoms with Gasteiger partial charge in [-0.25, -0.2) is 13.2 Å². The Morgan fingerprint density at radius 1 is 1.04 bits per heavy atom. The van der Waals surface area contributed by atoms with Gasteiger partial charge in [-0.15, -0.1) is 0 Å². The highest BCUT2D eigenvalue weighted by atomic mass is 32.2. The molecule has 2 bridgehead atoms. The van der Waals surface area contributed by atoms with Crippen molar-refractivity contribution >= 4 is 22.0 Å². The summed E-state index contributed by atoms with van der Waals surface area (Å²) >= 11 is 0. The lowest BCUT2D eigenvalue weighted by atomic mass is 9.76. The Bertz CT molecular complexity index is 689. The van der Waals surface area contributed by atoms with Gasteiger partial charge in [0.1, 0.15) is 0 Å². The van der Waals surface area contributed by atoms with Gasteiger partial charge >= 0.3 is 6.03 Å². The first kappa shape index (κ1) is 18.0. The number of sulfonamides is 1. The molecule has 4 aliphatic rings. The average molecular weight is 385 g/mol. The maximum absolute atomic E-state index is 13.0. The summed E-state index contributed by atoms with van der Waals surface area (Å²) in [7, 11) is -3.19. The largest absolute Gasteiger partial charge is 0.339 e. The summed E-state index contributed by atoms with van der Waals surface area (Å²) in [6, 6.07) is 0.327. The number of piperazine rings is 1. The van der Waals surface area contributed by atoms with E-state index in [1.807, 2.05) is 4.90 Å². The molecule has 3 atom stereocenters. The van der Waals surface area contributed by atoms with Crippen LogP contribution in [0.5, 0.6) is 0 Å². The minimum atomic E-state index is -3.19. The van der Waals surface area contributed by atoms with E-state index in [1.165, 1.54) is 10.6 Å². The van der Waals surface area contributed by atoms with Gasteiger partial charge in [0.2, 0.25) is 15.9 Å². The van der Waals surface area contributed by atoms with Crippen LogP contribution in [-0.4, -0.2) is 97.5 Å². The Kier molecular flexibility index (Phi) is 4.63. The minimum Gasteiger partial charge on any atom is -0.339 e. The van der Waals surface area contributed by atoms with Crippen LogP contribution in [0.15, 0.2) is 0 Å². The van der Waals surface area contributed by atoms with Crippen molar-refractivity contribution < 1.29 is 18.0 Å². The molecule has 3 amide bonds. The number of piperidine rings is 3. The molecular formula is C17H28N4O4S. The van der Waals surface area contributed by atoms with Gasteiger partial charge in [0.05, 0.1) is 6.26 Å². The van der Waals surface area contributed by atoms with Crippen molar-refractivity contribution in [2.24, 2.45) is 11.8 Å². The van der Waals surface area contributed by atoms with Crippen LogP contribution in [0.25, 0.3) is 0 Å². The molecule has 8 nitrogen and oxygen atoms in total. The van der Waals surface area contributed by atoms with Crippen molar-refractivity contribution in [3.63, 3.8) is 0 Å². The van der Waals surface area contributed by atoms with Crippen LogP contribution in [0.3, 0.4) is 0 Å². The van der Waals surface area contributed by atoms with Gasteiger partial charge in [0.15, 0.2) is 0 Å². The molecule has 0 radical (unpaired) electrons. The molecule has 26 heavy (non-hydrogen) atoms. The quantitative estimate of drug-likeness (QED) is 0.638. The third-order valence-corrected chi connectivity index (χ3v) is 7.73. The van der Waals surface area contributed by atoms with Gasteiger partial charge in [-0.1, -0.05) is 0 Å². The summed E-state index contributed by atoms with van der Waals surface area (Å²) in [6.45, 7) is 3.85. The second-order valence-corrected chi connectivity index (χ2v) is 10.2. The second kappa shape index (κ2) is 6.67. The molecule has 0 N–H and O–H groups in total. The zero-order chi connectivity index (χ0) is 18.5. The van der Waals surface area contributed by atoms with Crippen molar-refractivity contribution in [2.75, 3.05) is 52.1 Å². The van der Waals surface area contributed by atoms with E-state index in [0.29, 0.717) is 57.0 Å². The Morgan fingerprint density at radius 3 is 2.46 bits per heavy atom. The van der Waals surface area contributed by atoms with Crippen molar-refractivity contribution in [3.8, 4) is 0 Å². The third kappa shape index (κ3) is 3.31. The highest BCUT2D eigenvalue weighted by molar-refractivity contribution is 7.88. The van der Waals surface area contributed by atoms with Crippen molar-refractivity contribution in [1.29, 1.82) is 0 Å². The molecule has 0 aromatic rings. The number of hydrogen-bond acceptors (Lipinski definition) is 4. The van der Waals surface area contributed by atoms with E-state index in [4.69, 9.17) is 0 Å². The smallest absolute Gasteiger partial charge is 0.320 e. The lowest BCUT2D eigenvalue weighted by Gasteiger charge is -2.53. The van der Waals surface area contributed by atoms with Crippen LogP contribution in [0.2, 0.25) is 0 Å².